The number of carbonyl (C=O) groups is 1. The van der Waals surface area contributed by atoms with Crippen LogP contribution in [0.5, 0.6) is 11.6 Å². The van der Waals surface area contributed by atoms with Crippen molar-refractivity contribution in [1.29, 1.82) is 0 Å². The van der Waals surface area contributed by atoms with Crippen LogP contribution in [0.4, 0.5) is 0 Å². The fourth-order valence-electron chi connectivity index (χ4n) is 2.71. The minimum absolute atomic E-state index is 0.0393. The highest BCUT2D eigenvalue weighted by Crippen LogP contribution is 2.25. The summed E-state index contributed by atoms with van der Waals surface area (Å²) in [6, 6.07) is 18.9. The topological polar surface area (TPSA) is 68.7 Å². The summed E-state index contributed by atoms with van der Waals surface area (Å²) in [4.78, 5) is 15.1. The first kappa shape index (κ1) is 18.6. The van der Waals surface area contributed by atoms with Crippen LogP contribution in [0.25, 0.3) is 11.1 Å². The number of aliphatic hydroxyl groups excluding tert-OH is 1. The summed E-state index contributed by atoms with van der Waals surface area (Å²) in [7, 11) is 0. The fourth-order valence-corrected chi connectivity index (χ4v) is 2.71. The molecule has 0 aliphatic carbocycles. The number of nitrogens with zero attached hydrogens (tertiary/aromatic N) is 1. The normalized spacial score (nSPS) is 10.4. The summed E-state index contributed by atoms with van der Waals surface area (Å²) in [5.41, 5.74) is 4.58. The molecule has 1 aromatic heterocycles. The molecule has 0 aliphatic heterocycles. The van der Waals surface area contributed by atoms with E-state index < -0.39 is 0 Å². The van der Waals surface area contributed by atoms with Gasteiger partial charge in [-0.25, -0.2) is 4.98 Å². The van der Waals surface area contributed by atoms with Crippen LogP contribution in [-0.2, 0) is 6.61 Å². The number of hydrogen-bond acceptors (Lipinski definition) is 5. The molecule has 0 bridgehead atoms. The number of benzene rings is 2. The van der Waals surface area contributed by atoms with E-state index in [0.717, 1.165) is 28.7 Å². The highest BCUT2D eigenvalue weighted by Gasteiger charge is 2.07. The van der Waals surface area contributed by atoms with Crippen LogP contribution in [0.2, 0.25) is 0 Å². The fraction of sp³-hybridized carbons (Fsp3) is 0.182. The Morgan fingerprint density at radius 1 is 1.04 bits per heavy atom. The third-order valence-electron chi connectivity index (χ3n) is 4.06. The number of hydrogen-bond donors (Lipinski definition) is 1. The van der Waals surface area contributed by atoms with Gasteiger partial charge in [0.2, 0.25) is 5.88 Å². The van der Waals surface area contributed by atoms with Gasteiger partial charge < -0.3 is 14.6 Å². The monoisotopic (exact) mass is 363 g/mol. The van der Waals surface area contributed by atoms with E-state index in [9.17, 15) is 4.79 Å². The number of aliphatic hydroxyl groups is 1. The zero-order valence-electron chi connectivity index (χ0n) is 15.1. The van der Waals surface area contributed by atoms with Crippen molar-refractivity contribution in [2.45, 2.75) is 13.5 Å². The van der Waals surface area contributed by atoms with E-state index in [0.29, 0.717) is 23.8 Å². The first-order valence-electron chi connectivity index (χ1n) is 8.68. The quantitative estimate of drug-likeness (QED) is 0.616. The molecule has 0 unspecified atom stereocenters. The Labute approximate surface area is 158 Å². The number of aromatic nitrogens is 1. The standard InChI is InChI=1S/C22H21NO4/c1-16-21(9-10-22(23-16)26-12-11-24)19-4-2-3-18(13-19)15-27-20-7-5-17(14-25)6-8-20/h2-10,13-14,24H,11-12,15H2,1H3. The molecule has 0 spiro atoms. The van der Waals surface area contributed by atoms with Crippen molar-refractivity contribution in [3.63, 3.8) is 0 Å². The zero-order chi connectivity index (χ0) is 19.1. The molecule has 0 amide bonds. The van der Waals surface area contributed by atoms with Gasteiger partial charge in [0.1, 0.15) is 25.2 Å². The molecule has 1 N–H and O–H groups in total. The Hall–Kier alpha value is -3.18. The first-order valence-corrected chi connectivity index (χ1v) is 8.68. The molecule has 0 radical (unpaired) electrons. The lowest BCUT2D eigenvalue weighted by atomic mass is 10.0. The molecule has 5 nitrogen and oxygen atoms in total. The van der Waals surface area contributed by atoms with Gasteiger partial charge in [-0.3, -0.25) is 4.79 Å². The molecule has 0 saturated heterocycles. The van der Waals surface area contributed by atoms with E-state index in [2.05, 4.69) is 11.1 Å². The summed E-state index contributed by atoms with van der Waals surface area (Å²) >= 11 is 0. The molecule has 0 atom stereocenters. The average molecular weight is 363 g/mol. The Kier molecular flexibility index (Phi) is 6.18. The van der Waals surface area contributed by atoms with Gasteiger partial charge in [0.15, 0.2) is 0 Å². The van der Waals surface area contributed by atoms with Crippen molar-refractivity contribution in [2.24, 2.45) is 0 Å². The molecule has 3 aromatic rings. The van der Waals surface area contributed by atoms with Gasteiger partial charge in [0.05, 0.1) is 6.61 Å². The van der Waals surface area contributed by atoms with E-state index in [1.807, 2.05) is 31.2 Å². The Bertz CT molecular complexity index is 906. The van der Waals surface area contributed by atoms with Gasteiger partial charge in [-0.2, -0.15) is 0 Å². The highest BCUT2D eigenvalue weighted by molar-refractivity contribution is 5.74. The largest absolute Gasteiger partial charge is 0.489 e. The van der Waals surface area contributed by atoms with Crippen molar-refractivity contribution in [3.8, 4) is 22.8 Å². The summed E-state index contributed by atoms with van der Waals surface area (Å²) in [5, 5.41) is 8.84. The van der Waals surface area contributed by atoms with Gasteiger partial charge in [-0.15, -0.1) is 0 Å². The summed E-state index contributed by atoms with van der Waals surface area (Å²) in [5.74, 6) is 1.22. The Morgan fingerprint density at radius 2 is 1.85 bits per heavy atom. The van der Waals surface area contributed by atoms with Gasteiger partial charge in [0.25, 0.3) is 0 Å². The summed E-state index contributed by atoms with van der Waals surface area (Å²) in [6.45, 7) is 2.55. The molecule has 1 heterocycles. The molecule has 0 saturated carbocycles. The van der Waals surface area contributed by atoms with Gasteiger partial charge in [-0.05, 0) is 54.4 Å². The lowest BCUT2D eigenvalue weighted by molar-refractivity contribution is 0.112. The maximum absolute atomic E-state index is 10.7. The van der Waals surface area contributed by atoms with Crippen molar-refractivity contribution >= 4 is 6.29 Å². The van der Waals surface area contributed by atoms with E-state index in [-0.39, 0.29) is 13.2 Å². The molecule has 0 fully saturated rings. The average Bonchev–Trinajstić information content (AvgIpc) is 2.71. The summed E-state index contributed by atoms with van der Waals surface area (Å²) < 4.78 is 11.2. The first-order chi connectivity index (χ1) is 13.2. The number of aldehydes is 1. The van der Waals surface area contributed by atoms with Crippen molar-refractivity contribution in [2.75, 3.05) is 13.2 Å². The minimum Gasteiger partial charge on any atom is -0.489 e. The third-order valence-corrected chi connectivity index (χ3v) is 4.06. The maximum Gasteiger partial charge on any atom is 0.213 e. The molecule has 5 heteroatoms. The number of rotatable bonds is 8. The Balaban J connectivity index is 1.72. The lowest BCUT2D eigenvalue weighted by Gasteiger charge is -2.11. The number of ether oxygens (including phenoxy) is 2. The van der Waals surface area contributed by atoms with E-state index in [1.165, 1.54) is 0 Å². The zero-order valence-corrected chi connectivity index (χ0v) is 15.1. The van der Waals surface area contributed by atoms with Crippen LogP contribution in [-0.4, -0.2) is 29.6 Å². The number of pyridine rings is 1. The van der Waals surface area contributed by atoms with Crippen LogP contribution >= 0.6 is 0 Å². The molecule has 0 aliphatic rings. The highest BCUT2D eigenvalue weighted by atomic mass is 16.5. The number of carbonyl (C=O) groups excluding carboxylic acids is 1. The van der Waals surface area contributed by atoms with Crippen molar-refractivity contribution in [1.82, 2.24) is 4.98 Å². The molecule has 138 valence electrons. The van der Waals surface area contributed by atoms with Crippen LogP contribution in [0.15, 0.2) is 60.7 Å². The van der Waals surface area contributed by atoms with Crippen LogP contribution in [0.3, 0.4) is 0 Å². The molecular formula is C22H21NO4. The van der Waals surface area contributed by atoms with Gasteiger partial charge in [-0.1, -0.05) is 18.2 Å². The molecule has 2 aromatic carbocycles. The van der Waals surface area contributed by atoms with Crippen LogP contribution in [0, 0.1) is 6.92 Å². The van der Waals surface area contributed by atoms with E-state index in [4.69, 9.17) is 14.6 Å². The van der Waals surface area contributed by atoms with Crippen LogP contribution < -0.4 is 9.47 Å². The number of aryl methyl sites for hydroxylation is 1. The van der Waals surface area contributed by atoms with Crippen molar-refractivity contribution < 1.29 is 19.4 Å². The molecule has 3 rings (SSSR count). The smallest absolute Gasteiger partial charge is 0.213 e. The van der Waals surface area contributed by atoms with Gasteiger partial charge in [0, 0.05) is 22.9 Å². The third kappa shape index (κ3) is 4.92. The molecule has 27 heavy (non-hydrogen) atoms. The predicted molar refractivity (Wildman–Crippen MR) is 103 cm³/mol. The second-order valence-corrected chi connectivity index (χ2v) is 6.03. The SMILES string of the molecule is Cc1nc(OCCO)ccc1-c1cccc(COc2ccc(C=O)cc2)c1. The minimum atomic E-state index is -0.0393. The van der Waals surface area contributed by atoms with Crippen LogP contribution in [0.1, 0.15) is 21.6 Å². The lowest BCUT2D eigenvalue weighted by Crippen LogP contribution is -2.03. The van der Waals surface area contributed by atoms with E-state index >= 15 is 0 Å². The molecular weight excluding hydrogens is 342 g/mol. The van der Waals surface area contributed by atoms with E-state index in [1.54, 1.807) is 30.3 Å². The second-order valence-electron chi connectivity index (χ2n) is 6.03. The Morgan fingerprint density at radius 3 is 2.56 bits per heavy atom. The second kappa shape index (κ2) is 8.96. The van der Waals surface area contributed by atoms with Crippen molar-refractivity contribution in [3.05, 3.63) is 77.5 Å². The predicted octanol–water partition coefficient (Wildman–Crippen LogP) is 3.82. The maximum atomic E-state index is 10.7. The summed E-state index contributed by atoms with van der Waals surface area (Å²) in [6.07, 6.45) is 0.809. The van der Waals surface area contributed by atoms with Gasteiger partial charge >= 0.3 is 0 Å².